The van der Waals surface area contributed by atoms with Gasteiger partial charge in [-0.1, -0.05) is 48.8 Å². The van der Waals surface area contributed by atoms with Crippen molar-refractivity contribution in [2.75, 3.05) is 11.5 Å². The summed E-state index contributed by atoms with van der Waals surface area (Å²) in [5.74, 6) is 0. The van der Waals surface area contributed by atoms with Gasteiger partial charge in [-0.2, -0.15) is 5.06 Å². The van der Waals surface area contributed by atoms with Crippen LogP contribution in [0.25, 0.3) is 0 Å². The SMILES string of the molecule is CCCCC[C@@H]1C[C@H](CI)ON1C. The van der Waals surface area contributed by atoms with Crippen molar-refractivity contribution in [3.05, 3.63) is 0 Å². The van der Waals surface area contributed by atoms with Crippen molar-refractivity contribution in [1.82, 2.24) is 5.06 Å². The van der Waals surface area contributed by atoms with Gasteiger partial charge in [0.2, 0.25) is 0 Å². The van der Waals surface area contributed by atoms with Crippen molar-refractivity contribution >= 4 is 22.6 Å². The normalized spacial score (nSPS) is 29.8. The average molecular weight is 297 g/mol. The Morgan fingerprint density at radius 3 is 2.77 bits per heavy atom. The van der Waals surface area contributed by atoms with Crippen LogP contribution in [0.4, 0.5) is 0 Å². The van der Waals surface area contributed by atoms with Crippen molar-refractivity contribution in [2.24, 2.45) is 0 Å². The van der Waals surface area contributed by atoms with E-state index in [-0.39, 0.29) is 0 Å². The maximum absolute atomic E-state index is 5.68. The minimum atomic E-state index is 0.470. The molecule has 2 atom stereocenters. The van der Waals surface area contributed by atoms with Crippen LogP contribution in [0.1, 0.15) is 39.0 Å². The third-order valence-corrected chi connectivity index (χ3v) is 3.66. The quantitative estimate of drug-likeness (QED) is 0.439. The Morgan fingerprint density at radius 1 is 1.46 bits per heavy atom. The molecule has 1 heterocycles. The molecule has 1 rings (SSSR count). The number of hydrogen-bond donors (Lipinski definition) is 0. The van der Waals surface area contributed by atoms with Crippen molar-refractivity contribution in [3.63, 3.8) is 0 Å². The number of nitrogens with zero attached hydrogens (tertiary/aromatic N) is 1. The lowest BCUT2D eigenvalue weighted by Crippen LogP contribution is -2.23. The fourth-order valence-electron chi connectivity index (χ4n) is 1.84. The van der Waals surface area contributed by atoms with Crippen molar-refractivity contribution < 1.29 is 4.84 Å². The summed E-state index contributed by atoms with van der Waals surface area (Å²) in [7, 11) is 2.07. The topological polar surface area (TPSA) is 12.5 Å². The lowest BCUT2D eigenvalue weighted by Gasteiger charge is -2.16. The van der Waals surface area contributed by atoms with Crippen LogP contribution in [0.2, 0.25) is 0 Å². The standard InChI is InChI=1S/C10H20INO/c1-3-4-5-6-9-7-10(8-11)13-12(9)2/h9-10H,3-8H2,1-2H3/t9-,10-/m1/s1. The molecular formula is C10H20INO. The highest BCUT2D eigenvalue weighted by Gasteiger charge is 2.29. The van der Waals surface area contributed by atoms with E-state index < -0.39 is 0 Å². The Hall–Kier alpha value is 0.650. The van der Waals surface area contributed by atoms with Crippen molar-refractivity contribution in [3.8, 4) is 0 Å². The molecule has 0 aromatic carbocycles. The van der Waals surface area contributed by atoms with Gasteiger partial charge in [0.1, 0.15) is 0 Å². The molecule has 1 aliphatic rings. The molecule has 0 N–H and O–H groups in total. The van der Waals surface area contributed by atoms with Gasteiger partial charge in [0.15, 0.2) is 0 Å². The Labute approximate surface area is 95.1 Å². The predicted octanol–water partition coefficient (Wildman–Crippen LogP) is 3.01. The number of hydroxylamine groups is 2. The van der Waals surface area contributed by atoms with E-state index in [1.807, 2.05) is 0 Å². The van der Waals surface area contributed by atoms with E-state index in [1.165, 1.54) is 32.1 Å². The Morgan fingerprint density at radius 2 is 2.23 bits per heavy atom. The first-order valence-corrected chi connectivity index (χ1v) is 6.76. The van der Waals surface area contributed by atoms with Gasteiger partial charge in [0.25, 0.3) is 0 Å². The van der Waals surface area contributed by atoms with Gasteiger partial charge in [-0.15, -0.1) is 0 Å². The van der Waals surface area contributed by atoms with E-state index in [9.17, 15) is 0 Å². The molecule has 78 valence electrons. The van der Waals surface area contributed by atoms with Crippen molar-refractivity contribution in [1.29, 1.82) is 0 Å². The summed E-state index contributed by atoms with van der Waals surface area (Å²) in [6, 6.07) is 0.673. The highest BCUT2D eigenvalue weighted by Crippen LogP contribution is 2.24. The van der Waals surface area contributed by atoms with Gasteiger partial charge in [-0.25, -0.2) is 0 Å². The highest BCUT2D eigenvalue weighted by molar-refractivity contribution is 14.1. The number of hydrogen-bond acceptors (Lipinski definition) is 2. The van der Waals surface area contributed by atoms with Crippen LogP contribution in [-0.4, -0.2) is 28.7 Å². The van der Waals surface area contributed by atoms with Crippen LogP contribution in [0.5, 0.6) is 0 Å². The fraction of sp³-hybridized carbons (Fsp3) is 1.00. The number of halogens is 1. The van der Waals surface area contributed by atoms with E-state index in [1.54, 1.807) is 0 Å². The van der Waals surface area contributed by atoms with E-state index in [0.29, 0.717) is 12.1 Å². The third kappa shape index (κ3) is 3.72. The average Bonchev–Trinajstić information content (AvgIpc) is 2.48. The number of unbranched alkanes of at least 4 members (excludes halogenated alkanes) is 2. The first-order valence-electron chi connectivity index (χ1n) is 5.23. The van der Waals surface area contributed by atoms with E-state index in [4.69, 9.17) is 4.84 Å². The van der Waals surface area contributed by atoms with Gasteiger partial charge < -0.3 is 0 Å². The molecule has 0 spiro atoms. The Bertz CT molecular complexity index is 143. The minimum absolute atomic E-state index is 0.470. The van der Waals surface area contributed by atoms with Crippen molar-refractivity contribution in [2.45, 2.75) is 51.2 Å². The second-order valence-corrected chi connectivity index (χ2v) is 4.69. The molecule has 0 unspecified atom stereocenters. The largest absolute Gasteiger partial charge is 0.295 e. The van der Waals surface area contributed by atoms with Gasteiger partial charge in [0, 0.05) is 17.5 Å². The summed E-state index contributed by atoms with van der Waals surface area (Å²) < 4.78 is 1.12. The first kappa shape index (κ1) is 11.7. The maximum atomic E-state index is 5.68. The lowest BCUT2D eigenvalue weighted by molar-refractivity contribution is -0.137. The molecule has 0 bridgehead atoms. The molecule has 0 aliphatic carbocycles. The predicted molar refractivity (Wildman–Crippen MR) is 64.1 cm³/mol. The molecule has 2 nitrogen and oxygen atoms in total. The molecule has 1 aliphatic heterocycles. The van der Waals surface area contributed by atoms with Gasteiger partial charge >= 0.3 is 0 Å². The molecule has 0 aromatic rings. The minimum Gasteiger partial charge on any atom is -0.295 e. The molecule has 3 heteroatoms. The van der Waals surface area contributed by atoms with Crippen LogP contribution in [0, 0.1) is 0 Å². The summed E-state index contributed by atoms with van der Waals surface area (Å²) in [5.41, 5.74) is 0. The summed E-state index contributed by atoms with van der Waals surface area (Å²) in [6.45, 7) is 2.25. The third-order valence-electron chi connectivity index (χ3n) is 2.68. The zero-order valence-corrected chi connectivity index (χ0v) is 10.8. The van der Waals surface area contributed by atoms with Crippen LogP contribution in [0.15, 0.2) is 0 Å². The van der Waals surface area contributed by atoms with Gasteiger partial charge in [0.05, 0.1) is 6.10 Å². The zero-order chi connectivity index (χ0) is 9.68. The van der Waals surface area contributed by atoms with E-state index >= 15 is 0 Å². The summed E-state index contributed by atoms with van der Waals surface area (Å²) in [5, 5.41) is 2.07. The molecule has 13 heavy (non-hydrogen) atoms. The molecular weight excluding hydrogens is 277 g/mol. The van der Waals surface area contributed by atoms with Crippen LogP contribution in [-0.2, 0) is 4.84 Å². The fourth-order valence-corrected chi connectivity index (χ4v) is 2.36. The molecule has 0 aromatic heterocycles. The monoisotopic (exact) mass is 297 g/mol. The Balaban J connectivity index is 2.18. The zero-order valence-electron chi connectivity index (χ0n) is 8.63. The maximum Gasteiger partial charge on any atom is 0.0898 e. The number of rotatable bonds is 5. The van der Waals surface area contributed by atoms with Crippen LogP contribution < -0.4 is 0 Å². The summed E-state index contributed by atoms with van der Waals surface area (Å²) >= 11 is 2.40. The molecule has 1 saturated heterocycles. The second kappa shape index (κ2) is 6.19. The summed E-state index contributed by atoms with van der Waals surface area (Å²) in [4.78, 5) is 5.68. The van der Waals surface area contributed by atoms with Crippen LogP contribution in [0.3, 0.4) is 0 Å². The van der Waals surface area contributed by atoms with Crippen LogP contribution >= 0.6 is 22.6 Å². The molecule has 0 radical (unpaired) electrons. The second-order valence-electron chi connectivity index (χ2n) is 3.81. The van der Waals surface area contributed by atoms with E-state index in [0.717, 1.165) is 4.43 Å². The highest BCUT2D eigenvalue weighted by atomic mass is 127. The number of alkyl halides is 1. The smallest absolute Gasteiger partial charge is 0.0898 e. The summed E-state index contributed by atoms with van der Waals surface area (Å²) in [6.07, 6.45) is 7.02. The van der Waals surface area contributed by atoms with Gasteiger partial charge in [-0.05, 0) is 12.8 Å². The lowest BCUT2D eigenvalue weighted by atomic mass is 10.0. The molecule has 0 saturated carbocycles. The van der Waals surface area contributed by atoms with E-state index in [2.05, 4.69) is 41.6 Å². The molecule has 0 amide bonds. The van der Waals surface area contributed by atoms with Gasteiger partial charge in [-0.3, -0.25) is 4.84 Å². The Kier molecular flexibility index (Phi) is 5.58. The molecule has 1 fully saturated rings. The first-order chi connectivity index (χ1) is 6.27.